The third kappa shape index (κ3) is 2.24. The summed E-state index contributed by atoms with van der Waals surface area (Å²) >= 11 is 0. The Morgan fingerprint density at radius 2 is 1.95 bits per heavy atom. The Morgan fingerprint density at radius 3 is 2.45 bits per heavy atom. The molecule has 1 heterocycles. The second-order valence-electron chi connectivity index (χ2n) is 7.12. The molecule has 2 aliphatic carbocycles. The number of likely N-dealkylation sites (tertiary alicyclic amines) is 1. The van der Waals surface area contributed by atoms with Crippen LogP contribution >= 0.6 is 0 Å². The molecule has 22 heavy (non-hydrogen) atoms. The van der Waals surface area contributed by atoms with E-state index in [1.807, 2.05) is 11.8 Å². The van der Waals surface area contributed by atoms with Gasteiger partial charge in [-0.2, -0.15) is 5.26 Å². The van der Waals surface area contributed by atoms with E-state index in [9.17, 15) is 15.2 Å². The number of aliphatic hydroxyl groups is 1. The van der Waals surface area contributed by atoms with Crippen LogP contribution in [0.5, 0.6) is 0 Å². The molecule has 5 heteroatoms. The molecule has 5 nitrogen and oxygen atoms in total. The molecule has 0 aromatic rings. The van der Waals surface area contributed by atoms with E-state index < -0.39 is 5.41 Å². The number of amides is 1. The second kappa shape index (κ2) is 5.82. The Morgan fingerprint density at radius 1 is 1.32 bits per heavy atom. The van der Waals surface area contributed by atoms with Crippen LogP contribution in [0.3, 0.4) is 0 Å². The third-order valence-electron chi connectivity index (χ3n) is 6.17. The van der Waals surface area contributed by atoms with Crippen molar-refractivity contribution in [3.8, 4) is 6.07 Å². The van der Waals surface area contributed by atoms with Crippen LogP contribution in [0.1, 0.15) is 51.9 Å². The Labute approximate surface area is 132 Å². The van der Waals surface area contributed by atoms with Crippen molar-refractivity contribution in [1.29, 1.82) is 5.26 Å². The van der Waals surface area contributed by atoms with Crippen molar-refractivity contribution in [1.82, 2.24) is 4.90 Å². The molecule has 0 aromatic carbocycles. The average molecular weight is 306 g/mol. The Balaban J connectivity index is 1.64. The molecule has 1 saturated heterocycles. The van der Waals surface area contributed by atoms with Crippen molar-refractivity contribution in [2.24, 2.45) is 10.8 Å². The van der Waals surface area contributed by atoms with E-state index in [1.54, 1.807) is 0 Å². The number of piperidine rings is 1. The molecule has 1 aliphatic heterocycles. The van der Waals surface area contributed by atoms with Crippen molar-refractivity contribution < 1.29 is 14.6 Å². The Kier molecular flexibility index (Phi) is 4.17. The highest BCUT2D eigenvalue weighted by Crippen LogP contribution is 2.51. The highest BCUT2D eigenvalue weighted by Gasteiger charge is 2.57. The van der Waals surface area contributed by atoms with E-state index in [1.165, 1.54) is 0 Å². The quantitative estimate of drug-likeness (QED) is 0.863. The number of carbonyl (C=O) groups excluding carboxylic acids is 1. The molecule has 0 aromatic heterocycles. The molecular weight excluding hydrogens is 280 g/mol. The van der Waals surface area contributed by atoms with E-state index in [4.69, 9.17) is 4.74 Å². The Bertz CT molecular complexity index is 469. The molecule has 0 bridgehead atoms. The third-order valence-corrected chi connectivity index (χ3v) is 6.17. The van der Waals surface area contributed by atoms with Gasteiger partial charge in [-0.15, -0.1) is 0 Å². The standard InChI is InChI=1S/C17H26N2O3/c1-2-22-14-11-13(20)17(14)7-9-19(10-8-17)15(21)16(12-18)5-3-4-6-16/h13-14,20H,2-11H2,1H3/t13-,14-/m0/s1. The van der Waals surface area contributed by atoms with Crippen LogP contribution in [-0.4, -0.2) is 47.8 Å². The molecule has 1 amide bonds. The van der Waals surface area contributed by atoms with Crippen molar-refractivity contribution >= 4 is 5.91 Å². The monoisotopic (exact) mass is 306 g/mol. The normalized spacial score (nSPS) is 32.5. The van der Waals surface area contributed by atoms with Crippen LogP contribution in [0.4, 0.5) is 0 Å². The Hall–Kier alpha value is -1.12. The smallest absolute Gasteiger partial charge is 0.243 e. The molecule has 3 aliphatic rings. The fourth-order valence-electron chi connectivity index (χ4n) is 4.60. The molecule has 0 unspecified atom stereocenters. The topological polar surface area (TPSA) is 73.6 Å². The van der Waals surface area contributed by atoms with Gasteiger partial charge in [-0.25, -0.2) is 0 Å². The van der Waals surface area contributed by atoms with Gasteiger partial charge in [0.2, 0.25) is 5.91 Å². The summed E-state index contributed by atoms with van der Waals surface area (Å²) in [6, 6.07) is 2.30. The first-order valence-corrected chi connectivity index (χ1v) is 8.58. The van der Waals surface area contributed by atoms with Gasteiger partial charge in [0.1, 0.15) is 5.41 Å². The molecule has 1 N–H and O–H groups in total. The number of hydrogen-bond acceptors (Lipinski definition) is 4. The number of nitriles is 1. The summed E-state index contributed by atoms with van der Waals surface area (Å²) in [6.07, 6.45) is 5.45. The molecule has 1 spiro atoms. The second-order valence-corrected chi connectivity index (χ2v) is 7.12. The lowest BCUT2D eigenvalue weighted by atomic mass is 9.58. The van der Waals surface area contributed by atoms with E-state index in [-0.39, 0.29) is 23.5 Å². The summed E-state index contributed by atoms with van der Waals surface area (Å²) in [4.78, 5) is 14.6. The number of rotatable bonds is 3. The van der Waals surface area contributed by atoms with Gasteiger partial charge < -0.3 is 14.7 Å². The summed E-state index contributed by atoms with van der Waals surface area (Å²) in [5.41, 5.74) is -0.940. The van der Waals surface area contributed by atoms with Gasteiger partial charge in [0.25, 0.3) is 0 Å². The zero-order chi connectivity index (χ0) is 15.8. The van der Waals surface area contributed by atoms with Crippen LogP contribution in [0.2, 0.25) is 0 Å². The SMILES string of the molecule is CCO[C@H]1C[C@H](O)C12CCN(C(=O)C1(C#N)CCCC1)CC2. The van der Waals surface area contributed by atoms with Crippen LogP contribution in [0.15, 0.2) is 0 Å². The summed E-state index contributed by atoms with van der Waals surface area (Å²) in [6.45, 7) is 3.93. The zero-order valence-electron chi connectivity index (χ0n) is 13.4. The minimum absolute atomic E-state index is 0.0177. The van der Waals surface area contributed by atoms with Crippen molar-refractivity contribution in [3.05, 3.63) is 0 Å². The zero-order valence-corrected chi connectivity index (χ0v) is 13.4. The molecular formula is C17H26N2O3. The first-order valence-electron chi connectivity index (χ1n) is 8.58. The first-order chi connectivity index (χ1) is 10.6. The maximum Gasteiger partial charge on any atom is 0.243 e. The lowest BCUT2D eigenvalue weighted by Gasteiger charge is -2.56. The van der Waals surface area contributed by atoms with Gasteiger partial charge in [0.05, 0.1) is 18.3 Å². The number of hydrogen-bond donors (Lipinski definition) is 1. The predicted molar refractivity (Wildman–Crippen MR) is 80.8 cm³/mol. The van der Waals surface area contributed by atoms with Crippen LogP contribution in [0.25, 0.3) is 0 Å². The molecule has 3 fully saturated rings. The molecule has 3 rings (SSSR count). The van der Waals surface area contributed by atoms with Crippen molar-refractivity contribution in [2.75, 3.05) is 19.7 Å². The molecule has 122 valence electrons. The van der Waals surface area contributed by atoms with E-state index >= 15 is 0 Å². The fraction of sp³-hybridized carbons (Fsp3) is 0.882. The van der Waals surface area contributed by atoms with Crippen molar-refractivity contribution in [3.63, 3.8) is 0 Å². The molecule has 0 radical (unpaired) electrons. The average Bonchev–Trinajstić information content (AvgIpc) is 3.04. The van der Waals surface area contributed by atoms with E-state index in [0.29, 0.717) is 39.0 Å². The van der Waals surface area contributed by atoms with Crippen LogP contribution in [0, 0.1) is 22.2 Å². The number of carbonyl (C=O) groups is 1. The lowest BCUT2D eigenvalue weighted by molar-refractivity contribution is -0.210. The van der Waals surface area contributed by atoms with Crippen LogP contribution in [-0.2, 0) is 9.53 Å². The van der Waals surface area contributed by atoms with Crippen LogP contribution < -0.4 is 0 Å². The largest absolute Gasteiger partial charge is 0.392 e. The summed E-state index contributed by atoms with van der Waals surface area (Å²) in [5, 5.41) is 19.7. The summed E-state index contributed by atoms with van der Waals surface area (Å²) in [7, 11) is 0. The van der Waals surface area contributed by atoms with E-state index in [2.05, 4.69) is 6.07 Å². The van der Waals surface area contributed by atoms with Gasteiger partial charge in [0, 0.05) is 31.5 Å². The summed E-state index contributed by atoms with van der Waals surface area (Å²) in [5.74, 6) is 0.0177. The van der Waals surface area contributed by atoms with Gasteiger partial charge in [-0.1, -0.05) is 12.8 Å². The summed E-state index contributed by atoms with van der Waals surface area (Å²) < 4.78 is 5.76. The van der Waals surface area contributed by atoms with E-state index in [0.717, 1.165) is 25.7 Å². The number of ether oxygens (including phenoxy) is 1. The minimum Gasteiger partial charge on any atom is -0.392 e. The molecule has 2 atom stereocenters. The minimum atomic E-state index is -0.776. The van der Waals surface area contributed by atoms with Gasteiger partial charge in [-0.05, 0) is 32.6 Å². The van der Waals surface area contributed by atoms with Gasteiger partial charge in [-0.3, -0.25) is 4.79 Å². The highest BCUT2D eigenvalue weighted by molar-refractivity contribution is 5.86. The first kappa shape index (κ1) is 15.8. The van der Waals surface area contributed by atoms with Gasteiger partial charge >= 0.3 is 0 Å². The number of nitrogens with zero attached hydrogens (tertiary/aromatic N) is 2. The molecule has 2 saturated carbocycles. The maximum absolute atomic E-state index is 12.8. The van der Waals surface area contributed by atoms with Gasteiger partial charge in [0.15, 0.2) is 0 Å². The highest BCUT2D eigenvalue weighted by atomic mass is 16.5. The lowest BCUT2D eigenvalue weighted by Crippen LogP contribution is -2.63. The fourth-order valence-corrected chi connectivity index (χ4v) is 4.60. The van der Waals surface area contributed by atoms with Crippen molar-refractivity contribution in [2.45, 2.75) is 64.1 Å². The predicted octanol–water partition coefficient (Wildman–Crippen LogP) is 1.85. The number of aliphatic hydroxyl groups excluding tert-OH is 1. The maximum atomic E-state index is 12.8.